The van der Waals surface area contributed by atoms with E-state index in [0.717, 1.165) is 18.3 Å². The Bertz CT molecular complexity index is 594. The fraction of sp³-hybridized carbons (Fsp3) is 0.438. The molecule has 3 nitrogen and oxygen atoms in total. The molecule has 1 saturated carbocycles. The highest BCUT2D eigenvalue weighted by Gasteiger charge is 2.21. The predicted octanol–water partition coefficient (Wildman–Crippen LogP) is 2.96. The molecule has 3 rings (SSSR count). The largest absolute Gasteiger partial charge is 0.310 e. The molecule has 1 N–H and O–H groups in total. The van der Waals surface area contributed by atoms with E-state index in [2.05, 4.69) is 48.5 Å². The van der Waals surface area contributed by atoms with Gasteiger partial charge in [0.05, 0.1) is 5.69 Å². The second-order valence-corrected chi connectivity index (χ2v) is 5.48. The van der Waals surface area contributed by atoms with Crippen LogP contribution in [0.2, 0.25) is 0 Å². The minimum atomic E-state index is 0.740. The molecule has 1 heterocycles. The average molecular weight is 255 g/mol. The van der Waals surface area contributed by atoms with Crippen molar-refractivity contribution >= 4 is 0 Å². The van der Waals surface area contributed by atoms with Gasteiger partial charge in [-0.2, -0.15) is 5.10 Å². The van der Waals surface area contributed by atoms with Crippen LogP contribution in [-0.2, 0) is 13.6 Å². The lowest BCUT2D eigenvalue weighted by molar-refractivity contribution is 0.688. The molecule has 19 heavy (non-hydrogen) atoms. The molecule has 1 aromatic carbocycles. The van der Waals surface area contributed by atoms with E-state index >= 15 is 0 Å². The van der Waals surface area contributed by atoms with Crippen LogP contribution in [0.4, 0.5) is 0 Å². The summed E-state index contributed by atoms with van der Waals surface area (Å²) in [6.07, 6.45) is 2.65. The van der Waals surface area contributed by atoms with E-state index in [1.807, 2.05) is 11.7 Å². The molecule has 0 unspecified atom stereocenters. The fourth-order valence-electron chi connectivity index (χ4n) is 2.62. The Morgan fingerprint density at radius 1 is 1.26 bits per heavy atom. The maximum absolute atomic E-state index is 4.53. The average Bonchev–Trinajstić information content (AvgIpc) is 3.17. The van der Waals surface area contributed by atoms with E-state index in [-0.39, 0.29) is 0 Å². The van der Waals surface area contributed by atoms with Crippen molar-refractivity contribution in [2.24, 2.45) is 7.05 Å². The van der Waals surface area contributed by atoms with Crippen LogP contribution in [0.3, 0.4) is 0 Å². The number of aromatic nitrogens is 2. The van der Waals surface area contributed by atoms with Gasteiger partial charge in [0.25, 0.3) is 0 Å². The molecule has 0 saturated heterocycles. The van der Waals surface area contributed by atoms with Gasteiger partial charge in [-0.3, -0.25) is 4.68 Å². The number of rotatable bonds is 4. The first kappa shape index (κ1) is 12.4. The van der Waals surface area contributed by atoms with Crippen LogP contribution in [0.5, 0.6) is 0 Å². The zero-order valence-electron chi connectivity index (χ0n) is 11.9. The molecule has 1 aliphatic rings. The van der Waals surface area contributed by atoms with Gasteiger partial charge in [-0.15, -0.1) is 0 Å². The van der Waals surface area contributed by atoms with Gasteiger partial charge in [0, 0.05) is 30.9 Å². The molecule has 100 valence electrons. The van der Waals surface area contributed by atoms with Crippen LogP contribution in [0, 0.1) is 13.8 Å². The van der Waals surface area contributed by atoms with Crippen LogP contribution in [0.1, 0.15) is 29.8 Å². The van der Waals surface area contributed by atoms with Gasteiger partial charge in [0.15, 0.2) is 0 Å². The molecule has 0 bridgehead atoms. The number of aryl methyl sites for hydroxylation is 2. The Hall–Kier alpha value is -1.61. The number of nitrogens with zero attached hydrogens (tertiary/aromatic N) is 2. The van der Waals surface area contributed by atoms with Crippen molar-refractivity contribution in [1.29, 1.82) is 0 Å². The number of nitrogens with one attached hydrogen (secondary N) is 1. The zero-order chi connectivity index (χ0) is 13.4. The molecular formula is C16H21N3. The van der Waals surface area contributed by atoms with E-state index in [1.54, 1.807) is 0 Å². The first-order chi connectivity index (χ1) is 9.16. The molecule has 0 amide bonds. The van der Waals surface area contributed by atoms with Crippen molar-refractivity contribution in [3.05, 3.63) is 41.2 Å². The van der Waals surface area contributed by atoms with Gasteiger partial charge < -0.3 is 5.32 Å². The van der Waals surface area contributed by atoms with Crippen LogP contribution in [-0.4, -0.2) is 15.8 Å². The van der Waals surface area contributed by atoms with Crippen molar-refractivity contribution in [3.8, 4) is 11.1 Å². The Labute approximate surface area is 114 Å². The molecule has 1 aliphatic carbocycles. The van der Waals surface area contributed by atoms with Crippen molar-refractivity contribution in [3.63, 3.8) is 0 Å². The minimum absolute atomic E-state index is 0.740. The third-order valence-electron chi connectivity index (χ3n) is 3.95. The minimum Gasteiger partial charge on any atom is -0.310 e. The van der Waals surface area contributed by atoms with E-state index in [4.69, 9.17) is 0 Å². The summed E-state index contributed by atoms with van der Waals surface area (Å²) >= 11 is 0. The molecule has 3 heteroatoms. The smallest absolute Gasteiger partial charge is 0.0674 e. The maximum atomic E-state index is 4.53. The van der Waals surface area contributed by atoms with Crippen LogP contribution >= 0.6 is 0 Å². The Kier molecular flexibility index (Phi) is 3.15. The van der Waals surface area contributed by atoms with Gasteiger partial charge >= 0.3 is 0 Å². The standard InChI is InChI=1S/C16H21N3/c1-11-16(12(2)19(3)18-11)15-7-5-4-6-13(15)10-17-14-8-9-14/h4-7,14,17H,8-10H2,1-3H3. The quantitative estimate of drug-likeness (QED) is 0.910. The summed E-state index contributed by atoms with van der Waals surface area (Å²) in [7, 11) is 2.01. The summed E-state index contributed by atoms with van der Waals surface area (Å²) in [5, 5.41) is 8.13. The van der Waals surface area contributed by atoms with Gasteiger partial charge in [0.2, 0.25) is 0 Å². The number of hydrogen-bond acceptors (Lipinski definition) is 2. The molecule has 0 radical (unpaired) electrons. The molecular weight excluding hydrogens is 234 g/mol. The van der Waals surface area contributed by atoms with Crippen LogP contribution in [0.25, 0.3) is 11.1 Å². The first-order valence-corrected chi connectivity index (χ1v) is 6.98. The predicted molar refractivity (Wildman–Crippen MR) is 78.0 cm³/mol. The molecule has 0 spiro atoms. The van der Waals surface area contributed by atoms with Crippen LogP contribution < -0.4 is 5.32 Å². The van der Waals surface area contributed by atoms with Crippen molar-refractivity contribution in [1.82, 2.24) is 15.1 Å². The van der Waals surface area contributed by atoms with Crippen molar-refractivity contribution in [2.45, 2.75) is 39.3 Å². The first-order valence-electron chi connectivity index (χ1n) is 6.98. The molecule has 1 fully saturated rings. The Balaban J connectivity index is 1.98. The topological polar surface area (TPSA) is 29.9 Å². The normalized spacial score (nSPS) is 14.9. The lowest BCUT2D eigenvalue weighted by atomic mass is 9.98. The van der Waals surface area contributed by atoms with E-state index < -0.39 is 0 Å². The monoisotopic (exact) mass is 255 g/mol. The maximum Gasteiger partial charge on any atom is 0.0674 e. The Morgan fingerprint density at radius 2 is 2.00 bits per heavy atom. The van der Waals surface area contributed by atoms with E-state index in [1.165, 1.54) is 35.2 Å². The summed E-state index contributed by atoms with van der Waals surface area (Å²) in [6, 6.07) is 9.40. The Morgan fingerprint density at radius 3 is 2.63 bits per heavy atom. The van der Waals surface area contributed by atoms with Gasteiger partial charge in [0.1, 0.15) is 0 Å². The highest BCUT2D eigenvalue weighted by Crippen LogP contribution is 2.30. The lowest BCUT2D eigenvalue weighted by Crippen LogP contribution is -2.15. The summed E-state index contributed by atoms with van der Waals surface area (Å²) in [5.74, 6) is 0. The second-order valence-electron chi connectivity index (χ2n) is 5.48. The summed E-state index contributed by atoms with van der Waals surface area (Å²) < 4.78 is 1.97. The zero-order valence-corrected chi connectivity index (χ0v) is 11.9. The van der Waals surface area contributed by atoms with Gasteiger partial charge in [-0.1, -0.05) is 24.3 Å². The van der Waals surface area contributed by atoms with E-state index in [0.29, 0.717) is 0 Å². The van der Waals surface area contributed by atoms with Crippen LogP contribution in [0.15, 0.2) is 24.3 Å². The van der Waals surface area contributed by atoms with Gasteiger partial charge in [-0.05, 0) is 37.8 Å². The summed E-state index contributed by atoms with van der Waals surface area (Å²) in [5.41, 5.74) is 6.32. The number of hydrogen-bond donors (Lipinski definition) is 1. The highest BCUT2D eigenvalue weighted by molar-refractivity contribution is 5.71. The highest BCUT2D eigenvalue weighted by atomic mass is 15.3. The van der Waals surface area contributed by atoms with Crippen molar-refractivity contribution < 1.29 is 0 Å². The lowest BCUT2D eigenvalue weighted by Gasteiger charge is -2.11. The fourth-order valence-corrected chi connectivity index (χ4v) is 2.62. The molecule has 0 atom stereocenters. The van der Waals surface area contributed by atoms with Gasteiger partial charge in [-0.25, -0.2) is 0 Å². The molecule has 1 aromatic heterocycles. The third-order valence-corrected chi connectivity index (χ3v) is 3.95. The third kappa shape index (κ3) is 2.43. The van der Waals surface area contributed by atoms with E-state index in [9.17, 15) is 0 Å². The van der Waals surface area contributed by atoms with Crippen molar-refractivity contribution in [2.75, 3.05) is 0 Å². The molecule has 2 aromatic rings. The molecule has 0 aliphatic heterocycles. The summed E-state index contributed by atoms with van der Waals surface area (Å²) in [4.78, 5) is 0. The number of benzene rings is 1. The second kappa shape index (κ2) is 4.82. The summed E-state index contributed by atoms with van der Waals surface area (Å²) in [6.45, 7) is 5.18. The SMILES string of the molecule is Cc1nn(C)c(C)c1-c1ccccc1CNC1CC1.